The molecule has 102 valence electrons. The Balaban J connectivity index is 2.08. The van der Waals surface area contributed by atoms with E-state index in [9.17, 15) is 8.42 Å². The molecule has 0 atom stereocenters. The van der Waals surface area contributed by atoms with Crippen molar-refractivity contribution in [3.05, 3.63) is 29.3 Å². The molecule has 0 spiro atoms. The van der Waals surface area contributed by atoms with Crippen molar-refractivity contribution < 1.29 is 13.2 Å². The Bertz CT molecular complexity index is 462. The summed E-state index contributed by atoms with van der Waals surface area (Å²) in [6, 6.07) is 7.32. The number of sulfonamides is 1. The highest BCUT2D eigenvalue weighted by atomic mass is 35.5. The van der Waals surface area contributed by atoms with Crippen LogP contribution in [-0.4, -0.2) is 20.8 Å². The van der Waals surface area contributed by atoms with E-state index in [0.29, 0.717) is 23.8 Å². The third-order valence-electron chi connectivity index (χ3n) is 2.42. The molecule has 0 heterocycles. The normalized spacial score (nSPS) is 11.4. The highest BCUT2D eigenvalue weighted by molar-refractivity contribution is 7.89. The average molecular weight is 292 g/mol. The Morgan fingerprint density at radius 1 is 1.11 bits per heavy atom. The largest absolute Gasteiger partial charge is 0.492 e. The van der Waals surface area contributed by atoms with Gasteiger partial charge in [0.05, 0.1) is 17.4 Å². The van der Waals surface area contributed by atoms with Gasteiger partial charge >= 0.3 is 0 Å². The van der Waals surface area contributed by atoms with E-state index in [1.165, 1.54) is 0 Å². The SMILES string of the molecule is NS(=O)(=O)CCCCCCOc1ccccc1Cl. The lowest BCUT2D eigenvalue weighted by molar-refractivity contribution is 0.305. The minimum atomic E-state index is -3.31. The van der Waals surface area contributed by atoms with Crippen LogP contribution in [0.5, 0.6) is 5.75 Å². The minimum Gasteiger partial charge on any atom is -0.492 e. The molecule has 18 heavy (non-hydrogen) atoms. The van der Waals surface area contributed by atoms with Gasteiger partial charge in [-0.2, -0.15) is 0 Å². The van der Waals surface area contributed by atoms with Crippen molar-refractivity contribution in [2.24, 2.45) is 5.14 Å². The van der Waals surface area contributed by atoms with Gasteiger partial charge in [-0.25, -0.2) is 13.6 Å². The summed E-state index contributed by atoms with van der Waals surface area (Å²) in [6.45, 7) is 0.582. The van der Waals surface area contributed by atoms with Crippen molar-refractivity contribution in [3.63, 3.8) is 0 Å². The molecule has 0 radical (unpaired) electrons. The number of para-hydroxylation sites is 1. The predicted octanol–water partition coefficient (Wildman–Crippen LogP) is 2.57. The summed E-state index contributed by atoms with van der Waals surface area (Å²) in [7, 11) is -3.31. The number of unbranched alkanes of at least 4 members (excludes halogenated alkanes) is 3. The lowest BCUT2D eigenvalue weighted by Crippen LogP contribution is -2.16. The summed E-state index contributed by atoms with van der Waals surface area (Å²) in [4.78, 5) is 0. The molecule has 0 aromatic heterocycles. The van der Waals surface area contributed by atoms with Crippen molar-refractivity contribution in [2.45, 2.75) is 25.7 Å². The van der Waals surface area contributed by atoms with Crippen molar-refractivity contribution in [1.82, 2.24) is 0 Å². The average Bonchev–Trinajstić information content (AvgIpc) is 2.28. The van der Waals surface area contributed by atoms with Crippen LogP contribution in [0.25, 0.3) is 0 Å². The van der Waals surface area contributed by atoms with E-state index in [-0.39, 0.29) is 5.75 Å². The number of hydrogen-bond acceptors (Lipinski definition) is 3. The van der Waals surface area contributed by atoms with Crippen molar-refractivity contribution in [1.29, 1.82) is 0 Å². The highest BCUT2D eigenvalue weighted by Crippen LogP contribution is 2.23. The molecular weight excluding hydrogens is 274 g/mol. The highest BCUT2D eigenvalue weighted by Gasteiger charge is 2.02. The van der Waals surface area contributed by atoms with E-state index in [1.807, 2.05) is 18.2 Å². The molecule has 2 N–H and O–H groups in total. The van der Waals surface area contributed by atoms with Crippen molar-refractivity contribution in [2.75, 3.05) is 12.4 Å². The third kappa shape index (κ3) is 6.83. The summed E-state index contributed by atoms with van der Waals surface area (Å²) in [6.07, 6.45) is 3.23. The van der Waals surface area contributed by atoms with Crippen LogP contribution in [-0.2, 0) is 10.0 Å². The van der Waals surface area contributed by atoms with E-state index < -0.39 is 10.0 Å². The van der Waals surface area contributed by atoms with E-state index >= 15 is 0 Å². The second-order valence-electron chi connectivity index (χ2n) is 4.06. The molecule has 1 aromatic rings. The van der Waals surface area contributed by atoms with Crippen LogP contribution in [0.15, 0.2) is 24.3 Å². The summed E-state index contributed by atoms with van der Waals surface area (Å²) in [5, 5.41) is 5.51. The molecule has 0 amide bonds. The first-order chi connectivity index (χ1) is 8.49. The Labute approximate surface area is 113 Å². The van der Waals surface area contributed by atoms with E-state index in [2.05, 4.69) is 0 Å². The first kappa shape index (κ1) is 15.3. The second kappa shape index (κ2) is 7.61. The van der Waals surface area contributed by atoms with Gasteiger partial charge < -0.3 is 4.74 Å². The van der Waals surface area contributed by atoms with Gasteiger partial charge in [0.15, 0.2) is 0 Å². The number of nitrogens with two attached hydrogens (primary N) is 1. The van der Waals surface area contributed by atoms with Crippen LogP contribution in [0.3, 0.4) is 0 Å². The lowest BCUT2D eigenvalue weighted by Gasteiger charge is -2.07. The fourth-order valence-corrected chi connectivity index (χ4v) is 2.30. The molecule has 1 aromatic carbocycles. The predicted molar refractivity (Wildman–Crippen MR) is 73.4 cm³/mol. The lowest BCUT2D eigenvalue weighted by atomic mass is 10.2. The Hall–Kier alpha value is -0.780. The quantitative estimate of drug-likeness (QED) is 0.748. The molecule has 0 aliphatic carbocycles. The zero-order valence-corrected chi connectivity index (χ0v) is 11.7. The topological polar surface area (TPSA) is 69.4 Å². The molecular formula is C12H18ClNO3S. The van der Waals surface area contributed by atoms with Gasteiger partial charge in [0.1, 0.15) is 5.75 Å². The molecule has 0 bridgehead atoms. The molecule has 0 aliphatic rings. The monoisotopic (exact) mass is 291 g/mol. The van der Waals surface area contributed by atoms with Gasteiger partial charge in [-0.1, -0.05) is 36.6 Å². The van der Waals surface area contributed by atoms with Crippen LogP contribution in [0.2, 0.25) is 5.02 Å². The zero-order valence-electron chi connectivity index (χ0n) is 10.1. The summed E-state index contributed by atoms with van der Waals surface area (Å²) in [5.41, 5.74) is 0. The molecule has 0 saturated heterocycles. The zero-order chi connectivity index (χ0) is 13.4. The molecule has 0 saturated carbocycles. The summed E-state index contributed by atoms with van der Waals surface area (Å²) in [5.74, 6) is 0.738. The molecule has 1 rings (SSSR count). The van der Waals surface area contributed by atoms with Crippen LogP contribution in [0.4, 0.5) is 0 Å². The molecule has 0 fully saturated rings. The van der Waals surface area contributed by atoms with Gasteiger partial charge in [0, 0.05) is 0 Å². The van der Waals surface area contributed by atoms with Crippen molar-refractivity contribution in [3.8, 4) is 5.75 Å². The van der Waals surface area contributed by atoms with Crippen molar-refractivity contribution >= 4 is 21.6 Å². The maximum atomic E-state index is 10.7. The fraction of sp³-hybridized carbons (Fsp3) is 0.500. The number of primary sulfonamides is 1. The number of benzene rings is 1. The van der Waals surface area contributed by atoms with Gasteiger partial charge in [0.25, 0.3) is 0 Å². The van der Waals surface area contributed by atoms with Gasteiger partial charge in [-0.3, -0.25) is 0 Å². The van der Waals surface area contributed by atoms with Crippen LogP contribution in [0, 0.1) is 0 Å². The molecule has 4 nitrogen and oxygen atoms in total. The van der Waals surface area contributed by atoms with Crippen LogP contribution in [0.1, 0.15) is 25.7 Å². The van der Waals surface area contributed by atoms with Crippen LogP contribution >= 0.6 is 11.6 Å². The number of ether oxygens (including phenoxy) is 1. The number of halogens is 1. The van der Waals surface area contributed by atoms with E-state index in [0.717, 1.165) is 19.3 Å². The molecule has 6 heteroatoms. The Morgan fingerprint density at radius 3 is 2.44 bits per heavy atom. The second-order valence-corrected chi connectivity index (χ2v) is 6.20. The number of hydrogen-bond donors (Lipinski definition) is 1. The smallest absolute Gasteiger partial charge is 0.209 e. The summed E-state index contributed by atoms with van der Waals surface area (Å²) >= 11 is 5.93. The van der Waals surface area contributed by atoms with Crippen LogP contribution < -0.4 is 9.88 Å². The first-order valence-corrected chi connectivity index (χ1v) is 7.96. The molecule has 0 unspecified atom stereocenters. The van der Waals surface area contributed by atoms with E-state index in [4.69, 9.17) is 21.5 Å². The summed E-state index contributed by atoms with van der Waals surface area (Å²) < 4.78 is 26.9. The fourth-order valence-electron chi connectivity index (χ4n) is 1.50. The van der Waals surface area contributed by atoms with E-state index in [1.54, 1.807) is 6.07 Å². The Morgan fingerprint density at radius 2 is 1.78 bits per heavy atom. The van der Waals surface area contributed by atoms with Gasteiger partial charge in [0.2, 0.25) is 10.0 Å². The maximum absolute atomic E-state index is 10.7. The number of rotatable bonds is 8. The Kier molecular flexibility index (Phi) is 6.46. The van der Waals surface area contributed by atoms with Gasteiger partial charge in [-0.15, -0.1) is 0 Å². The van der Waals surface area contributed by atoms with Gasteiger partial charge in [-0.05, 0) is 25.0 Å². The molecule has 0 aliphatic heterocycles. The minimum absolute atomic E-state index is 0.0539. The first-order valence-electron chi connectivity index (χ1n) is 5.87. The maximum Gasteiger partial charge on any atom is 0.209 e. The standard InChI is InChI=1S/C12H18ClNO3S/c13-11-7-3-4-8-12(11)17-9-5-1-2-6-10-18(14,15)16/h3-4,7-8H,1-2,5-6,9-10H2,(H2,14,15,16). The third-order valence-corrected chi connectivity index (χ3v) is 3.59.